The van der Waals surface area contributed by atoms with Crippen molar-refractivity contribution in [2.75, 3.05) is 0 Å². The van der Waals surface area contributed by atoms with Crippen LogP contribution in [0.4, 0.5) is 0 Å². The van der Waals surface area contributed by atoms with E-state index in [2.05, 4.69) is 16.9 Å². The Balaban J connectivity index is 1.38. The van der Waals surface area contributed by atoms with Crippen molar-refractivity contribution in [1.82, 2.24) is 14.5 Å². The number of fused-ring (bicyclic) bond motifs is 2. The average molecular weight is 345 g/mol. The number of oxazole rings is 1. The molecule has 3 rings (SSSR count). The number of unbranched alkanes of at least 4 members (excludes halogenated alkanes) is 9. The van der Waals surface area contributed by atoms with Crippen LogP contribution in [-0.2, 0) is 19.4 Å². The van der Waals surface area contributed by atoms with Gasteiger partial charge in [-0.05, 0) is 12.8 Å². The Morgan fingerprint density at radius 2 is 1.64 bits per heavy atom. The average Bonchev–Trinajstić information content (AvgIpc) is 3.24. The minimum atomic E-state index is -0.0319. The summed E-state index contributed by atoms with van der Waals surface area (Å²) in [7, 11) is 0. The number of hydrogen-bond donors (Lipinski definition) is 0. The van der Waals surface area contributed by atoms with Crippen LogP contribution in [0.3, 0.4) is 0 Å². The van der Waals surface area contributed by atoms with Crippen molar-refractivity contribution in [3.8, 4) is 0 Å². The molecule has 0 unspecified atom stereocenters. The molecule has 5 heteroatoms. The van der Waals surface area contributed by atoms with Gasteiger partial charge in [0.2, 0.25) is 0 Å². The van der Waals surface area contributed by atoms with E-state index in [4.69, 9.17) is 4.42 Å². The number of aromatic nitrogens is 3. The van der Waals surface area contributed by atoms with Gasteiger partial charge >= 0.3 is 0 Å². The van der Waals surface area contributed by atoms with Gasteiger partial charge in [0.15, 0.2) is 11.4 Å². The van der Waals surface area contributed by atoms with Gasteiger partial charge < -0.3 is 4.42 Å². The molecule has 2 aromatic heterocycles. The smallest absolute Gasteiger partial charge is 0.283 e. The molecule has 1 aliphatic rings. The van der Waals surface area contributed by atoms with Crippen LogP contribution in [0.25, 0.3) is 11.2 Å². The van der Waals surface area contributed by atoms with Gasteiger partial charge in [0.1, 0.15) is 5.82 Å². The summed E-state index contributed by atoms with van der Waals surface area (Å²) < 4.78 is 7.47. The Labute approximate surface area is 149 Å². The standard InChI is InChI=1S/C20H31N3O2/c1-2-3-4-5-6-7-8-9-10-11-14-17-22-18-19(25-17)21-16-13-12-15-23(16)20(18)24/h2-15H2,1H3. The maximum Gasteiger partial charge on any atom is 0.283 e. The summed E-state index contributed by atoms with van der Waals surface area (Å²) in [6.45, 7) is 3.02. The summed E-state index contributed by atoms with van der Waals surface area (Å²) in [6, 6.07) is 0. The highest BCUT2D eigenvalue weighted by Gasteiger charge is 2.19. The minimum absolute atomic E-state index is 0.0319. The van der Waals surface area contributed by atoms with Crippen LogP contribution < -0.4 is 5.56 Å². The molecule has 0 aliphatic carbocycles. The maximum atomic E-state index is 12.4. The molecule has 3 heterocycles. The van der Waals surface area contributed by atoms with Gasteiger partial charge in [0.05, 0.1) is 0 Å². The van der Waals surface area contributed by atoms with Gasteiger partial charge in [0.25, 0.3) is 11.3 Å². The van der Waals surface area contributed by atoms with E-state index < -0.39 is 0 Å². The Morgan fingerprint density at radius 3 is 2.36 bits per heavy atom. The third kappa shape index (κ3) is 4.71. The number of rotatable bonds is 11. The summed E-state index contributed by atoms with van der Waals surface area (Å²) in [5, 5.41) is 0. The molecule has 5 nitrogen and oxygen atoms in total. The predicted molar refractivity (Wildman–Crippen MR) is 99.9 cm³/mol. The summed E-state index contributed by atoms with van der Waals surface area (Å²) in [5.41, 5.74) is 0.809. The fraction of sp³-hybridized carbons (Fsp3) is 0.750. The van der Waals surface area contributed by atoms with Crippen LogP contribution in [0.1, 0.15) is 89.3 Å². The first-order valence-corrected chi connectivity index (χ1v) is 10.2. The molecule has 0 bridgehead atoms. The molecule has 0 radical (unpaired) electrons. The van der Waals surface area contributed by atoms with Gasteiger partial charge in [-0.15, -0.1) is 0 Å². The van der Waals surface area contributed by atoms with E-state index >= 15 is 0 Å². The molecule has 0 N–H and O–H groups in total. The number of hydrogen-bond acceptors (Lipinski definition) is 4. The van der Waals surface area contributed by atoms with E-state index in [0.29, 0.717) is 17.1 Å². The Hall–Kier alpha value is -1.65. The van der Waals surface area contributed by atoms with E-state index in [1.165, 1.54) is 57.8 Å². The summed E-state index contributed by atoms with van der Waals surface area (Å²) in [4.78, 5) is 21.2. The normalized spacial score (nSPS) is 13.6. The first kappa shape index (κ1) is 18.2. The first-order valence-electron chi connectivity index (χ1n) is 10.2. The van der Waals surface area contributed by atoms with E-state index in [1.54, 1.807) is 4.57 Å². The number of nitrogens with zero attached hydrogens (tertiary/aromatic N) is 3. The zero-order valence-electron chi connectivity index (χ0n) is 15.6. The lowest BCUT2D eigenvalue weighted by molar-refractivity contribution is 0.495. The van der Waals surface area contributed by atoms with Crippen LogP contribution in [0, 0.1) is 0 Å². The van der Waals surface area contributed by atoms with E-state index in [-0.39, 0.29) is 5.56 Å². The Kier molecular flexibility index (Phi) is 6.65. The van der Waals surface area contributed by atoms with Crippen molar-refractivity contribution in [3.05, 3.63) is 22.1 Å². The van der Waals surface area contributed by atoms with Crippen LogP contribution in [-0.4, -0.2) is 14.5 Å². The highest BCUT2D eigenvalue weighted by molar-refractivity contribution is 5.66. The van der Waals surface area contributed by atoms with Gasteiger partial charge in [-0.3, -0.25) is 9.36 Å². The van der Waals surface area contributed by atoms with Crippen molar-refractivity contribution >= 4 is 11.2 Å². The molecule has 0 atom stereocenters. The predicted octanol–water partition coefficient (Wildman–Crippen LogP) is 4.79. The fourth-order valence-electron chi connectivity index (χ4n) is 3.68. The molecule has 1 aliphatic heterocycles. The largest absolute Gasteiger partial charge is 0.422 e. The van der Waals surface area contributed by atoms with Crippen LogP contribution in [0.2, 0.25) is 0 Å². The van der Waals surface area contributed by atoms with Crippen LogP contribution >= 0.6 is 0 Å². The van der Waals surface area contributed by atoms with Crippen molar-refractivity contribution in [1.29, 1.82) is 0 Å². The highest BCUT2D eigenvalue weighted by Crippen LogP contribution is 2.17. The topological polar surface area (TPSA) is 60.9 Å². The lowest BCUT2D eigenvalue weighted by atomic mass is 10.1. The zero-order chi connectivity index (χ0) is 17.5. The summed E-state index contributed by atoms with van der Waals surface area (Å²) in [5.74, 6) is 1.52. The lowest BCUT2D eigenvalue weighted by Crippen LogP contribution is -2.20. The minimum Gasteiger partial charge on any atom is -0.422 e. The molecule has 0 saturated carbocycles. The molecular weight excluding hydrogens is 314 g/mol. The van der Waals surface area contributed by atoms with Crippen molar-refractivity contribution in [2.24, 2.45) is 0 Å². The molecule has 25 heavy (non-hydrogen) atoms. The molecule has 0 spiro atoms. The third-order valence-corrected chi connectivity index (χ3v) is 5.17. The van der Waals surface area contributed by atoms with Gasteiger partial charge in [0, 0.05) is 19.4 Å². The SMILES string of the molecule is CCCCCCCCCCCCc1nc2c(=O)n3c(nc2o1)CCC3. The third-order valence-electron chi connectivity index (χ3n) is 5.17. The second kappa shape index (κ2) is 9.16. The molecule has 0 fully saturated rings. The molecule has 0 saturated heterocycles. The van der Waals surface area contributed by atoms with E-state index in [0.717, 1.165) is 38.1 Å². The monoisotopic (exact) mass is 345 g/mol. The van der Waals surface area contributed by atoms with Gasteiger partial charge in [-0.25, -0.2) is 4.98 Å². The summed E-state index contributed by atoms with van der Waals surface area (Å²) >= 11 is 0. The van der Waals surface area contributed by atoms with Crippen LogP contribution in [0.5, 0.6) is 0 Å². The second-order valence-corrected chi connectivity index (χ2v) is 7.28. The molecule has 0 amide bonds. The zero-order valence-corrected chi connectivity index (χ0v) is 15.6. The Bertz CT molecular complexity index is 732. The molecule has 138 valence electrons. The number of aryl methyl sites for hydroxylation is 2. The molecular formula is C20H31N3O2. The quantitative estimate of drug-likeness (QED) is 0.549. The van der Waals surface area contributed by atoms with Crippen molar-refractivity contribution < 1.29 is 4.42 Å². The fourth-order valence-corrected chi connectivity index (χ4v) is 3.68. The first-order chi connectivity index (χ1) is 12.3. The molecule has 2 aromatic rings. The maximum absolute atomic E-state index is 12.4. The van der Waals surface area contributed by atoms with E-state index in [1.807, 2.05) is 0 Å². The second-order valence-electron chi connectivity index (χ2n) is 7.28. The van der Waals surface area contributed by atoms with Crippen molar-refractivity contribution in [3.63, 3.8) is 0 Å². The molecule has 0 aromatic carbocycles. The lowest BCUT2D eigenvalue weighted by Gasteiger charge is -2.01. The van der Waals surface area contributed by atoms with E-state index in [9.17, 15) is 4.79 Å². The summed E-state index contributed by atoms with van der Waals surface area (Å²) in [6.07, 6.45) is 15.8. The van der Waals surface area contributed by atoms with Crippen LogP contribution in [0.15, 0.2) is 9.21 Å². The Morgan fingerprint density at radius 1 is 0.960 bits per heavy atom. The van der Waals surface area contributed by atoms with Crippen molar-refractivity contribution in [2.45, 2.75) is 96.9 Å². The highest BCUT2D eigenvalue weighted by atomic mass is 16.4. The van der Waals surface area contributed by atoms with Gasteiger partial charge in [-0.2, -0.15) is 4.98 Å². The van der Waals surface area contributed by atoms with Gasteiger partial charge in [-0.1, -0.05) is 64.7 Å².